The molecule has 3 N–H and O–H groups in total. The van der Waals surface area contributed by atoms with Gasteiger partial charge in [-0.3, -0.25) is 4.79 Å². The lowest BCUT2D eigenvalue weighted by Gasteiger charge is -2.33. The molecule has 1 aliphatic heterocycles. The summed E-state index contributed by atoms with van der Waals surface area (Å²) in [6.07, 6.45) is 4.25. The van der Waals surface area contributed by atoms with Crippen LogP contribution in [0.3, 0.4) is 0 Å². The maximum absolute atomic E-state index is 12.0. The van der Waals surface area contributed by atoms with E-state index in [1.165, 1.54) is 19.3 Å². The Morgan fingerprint density at radius 1 is 1.24 bits per heavy atom. The zero-order valence-corrected chi connectivity index (χ0v) is 15.5. The van der Waals surface area contributed by atoms with Crippen LogP contribution in [0, 0.1) is 5.92 Å². The molecule has 1 aromatic carbocycles. The number of halogens is 1. The van der Waals surface area contributed by atoms with Crippen molar-refractivity contribution >= 4 is 18.3 Å². The van der Waals surface area contributed by atoms with Crippen LogP contribution < -0.4 is 16.0 Å². The molecule has 1 saturated heterocycles. The third-order valence-electron chi connectivity index (χ3n) is 5.13. The van der Waals surface area contributed by atoms with Gasteiger partial charge < -0.3 is 20.7 Å². The van der Waals surface area contributed by atoms with Gasteiger partial charge in [0, 0.05) is 38.1 Å². The number of rotatable bonds is 7. The normalized spacial score (nSPS) is 26.0. The SMILES string of the molecule is Cl.O=C(CCNC1CCCC1C1COCCN1)NCc1ccccc1. The van der Waals surface area contributed by atoms with Crippen molar-refractivity contribution in [3.8, 4) is 0 Å². The highest BCUT2D eigenvalue weighted by atomic mass is 35.5. The van der Waals surface area contributed by atoms with Crippen molar-refractivity contribution in [2.45, 2.75) is 44.3 Å². The highest BCUT2D eigenvalue weighted by molar-refractivity contribution is 5.85. The molecule has 1 saturated carbocycles. The second kappa shape index (κ2) is 10.8. The van der Waals surface area contributed by atoms with Crippen LogP contribution in [0.4, 0.5) is 0 Å². The van der Waals surface area contributed by atoms with Gasteiger partial charge in [0.2, 0.25) is 5.91 Å². The molecule has 0 bridgehead atoms. The van der Waals surface area contributed by atoms with Gasteiger partial charge in [-0.05, 0) is 24.3 Å². The van der Waals surface area contributed by atoms with Gasteiger partial charge in [0.15, 0.2) is 0 Å². The predicted octanol–water partition coefficient (Wildman–Crippen LogP) is 1.86. The van der Waals surface area contributed by atoms with Crippen molar-refractivity contribution in [3.63, 3.8) is 0 Å². The number of benzene rings is 1. The lowest BCUT2D eigenvalue weighted by Crippen LogP contribution is -2.51. The van der Waals surface area contributed by atoms with Crippen molar-refractivity contribution in [2.75, 3.05) is 26.3 Å². The summed E-state index contributed by atoms with van der Waals surface area (Å²) in [5.41, 5.74) is 1.14. The van der Waals surface area contributed by atoms with E-state index in [0.717, 1.165) is 31.9 Å². The van der Waals surface area contributed by atoms with E-state index in [1.54, 1.807) is 0 Å². The Balaban J connectivity index is 0.00000225. The van der Waals surface area contributed by atoms with Gasteiger partial charge in [0.25, 0.3) is 0 Å². The monoisotopic (exact) mass is 367 g/mol. The lowest BCUT2D eigenvalue weighted by atomic mass is 9.94. The fraction of sp³-hybridized carbons (Fsp3) is 0.632. The summed E-state index contributed by atoms with van der Waals surface area (Å²) in [6.45, 7) is 3.95. The average molecular weight is 368 g/mol. The topological polar surface area (TPSA) is 62.4 Å². The van der Waals surface area contributed by atoms with E-state index in [1.807, 2.05) is 30.3 Å². The molecule has 3 rings (SSSR count). The average Bonchev–Trinajstić information content (AvgIpc) is 3.10. The Labute approximate surface area is 156 Å². The zero-order valence-electron chi connectivity index (χ0n) is 14.7. The number of carbonyl (C=O) groups is 1. The molecule has 5 nitrogen and oxygen atoms in total. The Bertz CT molecular complexity index is 509. The summed E-state index contributed by atoms with van der Waals surface area (Å²) < 4.78 is 5.61. The van der Waals surface area contributed by atoms with Gasteiger partial charge in [-0.1, -0.05) is 36.8 Å². The van der Waals surface area contributed by atoms with Crippen LogP contribution >= 0.6 is 12.4 Å². The van der Waals surface area contributed by atoms with Crippen LogP contribution in [0.1, 0.15) is 31.2 Å². The number of carbonyl (C=O) groups excluding carboxylic acids is 1. The number of morpholine rings is 1. The van der Waals surface area contributed by atoms with Crippen LogP contribution in [0.25, 0.3) is 0 Å². The largest absolute Gasteiger partial charge is 0.379 e. The van der Waals surface area contributed by atoms with Crippen molar-refractivity contribution in [2.24, 2.45) is 5.92 Å². The summed E-state index contributed by atoms with van der Waals surface area (Å²) in [6, 6.07) is 11.0. The molecule has 1 aromatic rings. The minimum Gasteiger partial charge on any atom is -0.379 e. The van der Waals surface area contributed by atoms with Crippen LogP contribution in [0.2, 0.25) is 0 Å². The molecule has 0 aromatic heterocycles. The molecule has 1 heterocycles. The van der Waals surface area contributed by atoms with E-state index >= 15 is 0 Å². The van der Waals surface area contributed by atoms with Gasteiger partial charge in [-0.25, -0.2) is 0 Å². The second-order valence-corrected chi connectivity index (χ2v) is 6.80. The van der Waals surface area contributed by atoms with E-state index in [0.29, 0.717) is 31.0 Å². The number of hydrogen-bond acceptors (Lipinski definition) is 4. The van der Waals surface area contributed by atoms with Gasteiger partial charge in [-0.2, -0.15) is 0 Å². The summed E-state index contributed by atoms with van der Waals surface area (Å²) in [4.78, 5) is 12.0. The summed E-state index contributed by atoms with van der Waals surface area (Å²) in [7, 11) is 0. The predicted molar refractivity (Wildman–Crippen MR) is 102 cm³/mol. The van der Waals surface area contributed by atoms with E-state index in [9.17, 15) is 4.79 Å². The van der Waals surface area contributed by atoms with Crippen molar-refractivity contribution < 1.29 is 9.53 Å². The maximum atomic E-state index is 12.0. The van der Waals surface area contributed by atoms with Gasteiger partial charge in [0.05, 0.1) is 13.2 Å². The van der Waals surface area contributed by atoms with Gasteiger partial charge in [0.1, 0.15) is 0 Å². The second-order valence-electron chi connectivity index (χ2n) is 6.80. The first kappa shape index (κ1) is 20.2. The molecule has 140 valence electrons. The highest BCUT2D eigenvalue weighted by Gasteiger charge is 2.34. The molecule has 1 aliphatic carbocycles. The smallest absolute Gasteiger partial charge is 0.221 e. The van der Waals surface area contributed by atoms with Crippen LogP contribution in [0.15, 0.2) is 30.3 Å². The Kier molecular flexibility index (Phi) is 8.68. The minimum absolute atomic E-state index is 0. The van der Waals surface area contributed by atoms with E-state index in [2.05, 4.69) is 16.0 Å². The first-order valence-corrected chi connectivity index (χ1v) is 9.18. The first-order chi connectivity index (χ1) is 11.8. The molecule has 25 heavy (non-hydrogen) atoms. The van der Waals surface area contributed by atoms with Crippen LogP contribution in [0.5, 0.6) is 0 Å². The number of hydrogen-bond donors (Lipinski definition) is 3. The molecule has 1 amide bonds. The molecule has 3 atom stereocenters. The van der Waals surface area contributed by atoms with E-state index in [-0.39, 0.29) is 18.3 Å². The molecule has 0 spiro atoms. The fourth-order valence-electron chi connectivity index (χ4n) is 3.84. The minimum atomic E-state index is 0. The zero-order chi connectivity index (χ0) is 16.6. The number of nitrogens with one attached hydrogen (secondary N) is 3. The number of ether oxygens (including phenoxy) is 1. The maximum Gasteiger partial charge on any atom is 0.221 e. The summed E-state index contributed by atoms with van der Waals surface area (Å²) >= 11 is 0. The third-order valence-corrected chi connectivity index (χ3v) is 5.13. The Hall–Kier alpha value is -1.14. The summed E-state index contributed by atoms with van der Waals surface area (Å²) in [5.74, 6) is 0.734. The standard InChI is InChI=1S/C19H29N3O2.ClH/c23-19(22-13-15-5-2-1-3-6-15)9-10-20-17-8-4-7-16(17)18-14-24-12-11-21-18;/h1-3,5-6,16-18,20-21H,4,7-14H2,(H,22,23);1H. The van der Waals surface area contributed by atoms with Crippen LogP contribution in [-0.4, -0.2) is 44.3 Å². The molecular weight excluding hydrogens is 338 g/mol. The number of amides is 1. The third kappa shape index (κ3) is 6.26. The van der Waals surface area contributed by atoms with Gasteiger partial charge in [-0.15, -0.1) is 12.4 Å². The van der Waals surface area contributed by atoms with Crippen LogP contribution in [-0.2, 0) is 16.1 Å². The van der Waals surface area contributed by atoms with Crippen molar-refractivity contribution in [1.82, 2.24) is 16.0 Å². The Morgan fingerprint density at radius 3 is 2.84 bits per heavy atom. The van der Waals surface area contributed by atoms with Crippen molar-refractivity contribution in [1.29, 1.82) is 0 Å². The highest BCUT2D eigenvalue weighted by Crippen LogP contribution is 2.29. The lowest BCUT2D eigenvalue weighted by molar-refractivity contribution is -0.121. The molecule has 6 heteroatoms. The van der Waals surface area contributed by atoms with Crippen molar-refractivity contribution in [3.05, 3.63) is 35.9 Å². The first-order valence-electron chi connectivity index (χ1n) is 9.18. The molecule has 3 unspecified atom stereocenters. The Morgan fingerprint density at radius 2 is 2.08 bits per heavy atom. The quantitative estimate of drug-likeness (QED) is 0.688. The van der Waals surface area contributed by atoms with E-state index < -0.39 is 0 Å². The summed E-state index contributed by atoms with van der Waals surface area (Å²) in [5, 5.41) is 10.2. The molecule has 2 aliphatic rings. The van der Waals surface area contributed by atoms with E-state index in [4.69, 9.17) is 4.74 Å². The van der Waals surface area contributed by atoms with Gasteiger partial charge >= 0.3 is 0 Å². The molecule has 0 radical (unpaired) electrons. The molecule has 2 fully saturated rings. The fourth-order valence-corrected chi connectivity index (χ4v) is 3.84. The molecular formula is C19H30ClN3O2.